The number of nitrogens with zero attached hydrogens (tertiary/aromatic N) is 2. The van der Waals surface area contributed by atoms with Crippen molar-refractivity contribution in [2.24, 2.45) is 0 Å². The van der Waals surface area contributed by atoms with Gasteiger partial charge in [-0.05, 0) is 36.6 Å². The summed E-state index contributed by atoms with van der Waals surface area (Å²) in [6.45, 7) is 7.71. The summed E-state index contributed by atoms with van der Waals surface area (Å²) in [5.74, 6) is -0.498. The number of carbonyl (C=O) groups is 2. The highest BCUT2D eigenvalue weighted by Gasteiger charge is 2.45. The van der Waals surface area contributed by atoms with Crippen molar-refractivity contribution in [1.82, 2.24) is 9.80 Å². The van der Waals surface area contributed by atoms with Crippen LogP contribution in [0.25, 0.3) is 0 Å². The van der Waals surface area contributed by atoms with Gasteiger partial charge in [-0.25, -0.2) is 4.79 Å². The van der Waals surface area contributed by atoms with Gasteiger partial charge >= 0.3 is 5.97 Å². The molecule has 146 valence electrons. The average molecular weight is 378 g/mol. The number of piperazine rings is 1. The molecule has 2 aliphatic rings. The van der Waals surface area contributed by atoms with E-state index in [2.05, 4.69) is 36.1 Å². The molecule has 0 saturated carbocycles. The number of benzene rings is 2. The van der Waals surface area contributed by atoms with Crippen molar-refractivity contribution >= 4 is 11.9 Å². The molecule has 1 unspecified atom stereocenters. The van der Waals surface area contributed by atoms with Gasteiger partial charge in [0.2, 0.25) is 0 Å². The number of carbonyl (C=O) groups excluding carboxylic acids is 2. The number of rotatable bonds is 3. The van der Waals surface area contributed by atoms with E-state index < -0.39 is 11.6 Å². The van der Waals surface area contributed by atoms with Crippen LogP contribution in [0.1, 0.15) is 34.0 Å². The molecule has 1 saturated heterocycles. The first kappa shape index (κ1) is 18.7. The minimum Gasteiger partial charge on any atom is -0.445 e. The van der Waals surface area contributed by atoms with Crippen molar-refractivity contribution in [3.8, 4) is 0 Å². The molecule has 5 nitrogen and oxygen atoms in total. The van der Waals surface area contributed by atoms with Crippen LogP contribution in [-0.4, -0.2) is 53.5 Å². The predicted octanol–water partition coefficient (Wildman–Crippen LogP) is 2.81. The third kappa shape index (κ3) is 3.54. The first-order chi connectivity index (χ1) is 13.5. The van der Waals surface area contributed by atoms with Crippen LogP contribution in [0.4, 0.5) is 0 Å². The molecular formula is C23H26N2O3. The van der Waals surface area contributed by atoms with Crippen LogP contribution in [0.3, 0.4) is 0 Å². The van der Waals surface area contributed by atoms with Gasteiger partial charge in [0.1, 0.15) is 0 Å². The van der Waals surface area contributed by atoms with E-state index in [1.807, 2.05) is 23.1 Å². The molecule has 4 rings (SSSR count). The molecule has 2 aliphatic heterocycles. The third-order valence-corrected chi connectivity index (χ3v) is 5.85. The Morgan fingerprint density at radius 1 is 1.04 bits per heavy atom. The Hall–Kier alpha value is -2.66. The molecule has 0 aromatic heterocycles. The monoisotopic (exact) mass is 378 g/mol. The van der Waals surface area contributed by atoms with Crippen molar-refractivity contribution < 1.29 is 14.3 Å². The van der Waals surface area contributed by atoms with Gasteiger partial charge in [0.05, 0.1) is 5.56 Å². The van der Waals surface area contributed by atoms with Gasteiger partial charge in [0, 0.05) is 39.1 Å². The van der Waals surface area contributed by atoms with Crippen LogP contribution in [0, 0.1) is 6.92 Å². The third-order valence-electron chi connectivity index (χ3n) is 5.85. The molecule has 2 aromatic carbocycles. The molecule has 2 aromatic rings. The van der Waals surface area contributed by atoms with Crippen LogP contribution >= 0.6 is 0 Å². The number of fused-ring (bicyclic) bond motifs is 1. The van der Waals surface area contributed by atoms with Crippen molar-refractivity contribution in [3.63, 3.8) is 0 Å². The maximum Gasteiger partial charge on any atom is 0.339 e. The van der Waals surface area contributed by atoms with Gasteiger partial charge in [-0.15, -0.1) is 0 Å². The molecule has 1 atom stereocenters. The summed E-state index contributed by atoms with van der Waals surface area (Å²) >= 11 is 0. The largest absolute Gasteiger partial charge is 0.445 e. The molecule has 5 heteroatoms. The summed E-state index contributed by atoms with van der Waals surface area (Å²) < 4.78 is 5.61. The summed E-state index contributed by atoms with van der Waals surface area (Å²) in [7, 11) is 0. The zero-order chi connectivity index (χ0) is 19.7. The fourth-order valence-electron chi connectivity index (χ4n) is 4.12. The second-order valence-electron chi connectivity index (χ2n) is 7.95. The van der Waals surface area contributed by atoms with Crippen LogP contribution in [0.15, 0.2) is 48.5 Å². The normalized spacial score (nSPS) is 22.5. The predicted molar refractivity (Wildman–Crippen MR) is 107 cm³/mol. The molecule has 1 amide bonds. The number of cyclic esters (lactones) is 1. The van der Waals surface area contributed by atoms with Gasteiger partial charge in [-0.3, -0.25) is 9.69 Å². The van der Waals surface area contributed by atoms with Gasteiger partial charge in [0.15, 0.2) is 5.60 Å². The van der Waals surface area contributed by atoms with Crippen molar-refractivity contribution in [2.45, 2.75) is 32.4 Å². The second kappa shape index (κ2) is 7.40. The minimum absolute atomic E-state index is 0.0918. The first-order valence-electron chi connectivity index (χ1n) is 9.84. The lowest BCUT2D eigenvalue weighted by Gasteiger charge is -2.41. The Morgan fingerprint density at radius 2 is 1.71 bits per heavy atom. The molecule has 0 aliphatic carbocycles. The van der Waals surface area contributed by atoms with E-state index in [1.54, 1.807) is 13.0 Å². The Labute approximate surface area is 165 Å². The molecular weight excluding hydrogens is 352 g/mol. The number of ether oxygens (including phenoxy) is 1. The lowest BCUT2D eigenvalue weighted by Crippen LogP contribution is -2.57. The SMILES string of the molecule is Cc1ccccc1CN1CCN(C(=O)C2(C)Cc3ccccc3C(=O)O2)CC1. The smallest absolute Gasteiger partial charge is 0.339 e. The van der Waals surface area contributed by atoms with E-state index in [0.29, 0.717) is 25.1 Å². The highest BCUT2D eigenvalue weighted by molar-refractivity contribution is 5.97. The van der Waals surface area contributed by atoms with Crippen LogP contribution in [0.5, 0.6) is 0 Å². The molecule has 28 heavy (non-hydrogen) atoms. The van der Waals surface area contributed by atoms with Gasteiger partial charge < -0.3 is 9.64 Å². The van der Waals surface area contributed by atoms with E-state index in [0.717, 1.165) is 25.2 Å². The Balaban J connectivity index is 1.40. The van der Waals surface area contributed by atoms with E-state index in [9.17, 15) is 9.59 Å². The van der Waals surface area contributed by atoms with Crippen molar-refractivity contribution in [1.29, 1.82) is 0 Å². The molecule has 0 N–H and O–H groups in total. The molecule has 2 heterocycles. The highest BCUT2D eigenvalue weighted by Crippen LogP contribution is 2.30. The summed E-state index contributed by atoms with van der Waals surface area (Å²) in [5.41, 5.74) is 2.95. The fourth-order valence-corrected chi connectivity index (χ4v) is 4.12. The Bertz CT molecular complexity index is 902. The van der Waals surface area contributed by atoms with E-state index in [1.165, 1.54) is 11.1 Å². The zero-order valence-electron chi connectivity index (χ0n) is 16.5. The lowest BCUT2D eigenvalue weighted by molar-refractivity contribution is -0.153. The van der Waals surface area contributed by atoms with Crippen molar-refractivity contribution in [2.75, 3.05) is 26.2 Å². The number of aryl methyl sites for hydroxylation is 1. The number of esters is 1. The Kier molecular flexibility index (Phi) is 4.94. The standard InChI is InChI=1S/C23H26N2O3/c1-17-7-3-4-9-19(17)16-24-11-13-25(14-12-24)22(27)23(2)15-18-8-5-6-10-20(18)21(26)28-23/h3-10H,11-16H2,1-2H3. The summed E-state index contributed by atoms with van der Waals surface area (Å²) in [4.78, 5) is 29.8. The average Bonchev–Trinajstić information content (AvgIpc) is 2.70. The van der Waals surface area contributed by atoms with E-state index >= 15 is 0 Å². The van der Waals surface area contributed by atoms with Crippen LogP contribution in [-0.2, 0) is 22.5 Å². The zero-order valence-corrected chi connectivity index (χ0v) is 16.5. The molecule has 0 radical (unpaired) electrons. The Morgan fingerprint density at radius 3 is 2.46 bits per heavy atom. The number of hydrogen-bond acceptors (Lipinski definition) is 4. The van der Waals surface area contributed by atoms with Gasteiger partial charge in [-0.2, -0.15) is 0 Å². The quantitative estimate of drug-likeness (QED) is 0.771. The van der Waals surface area contributed by atoms with Gasteiger partial charge in [0.25, 0.3) is 5.91 Å². The number of amides is 1. The van der Waals surface area contributed by atoms with E-state index in [4.69, 9.17) is 4.74 Å². The summed E-state index contributed by atoms with van der Waals surface area (Å²) in [6.07, 6.45) is 0.428. The molecule has 0 spiro atoms. The highest BCUT2D eigenvalue weighted by atomic mass is 16.6. The second-order valence-corrected chi connectivity index (χ2v) is 7.95. The summed E-state index contributed by atoms with van der Waals surface area (Å²) in [5, 5.41) is 0. The fraction of sp³-hybridized carbons (Fsp3) is 0.391. The lowest BCUT2D eigenvalue weighted by atomic mass is 9.88. The first-order valence-corrected chi connectivity index (χ1v) is 9.84. The number of hydrogen-bond donors (Lipinski definition) is 0. The topological polar surface area (TPSA) is 49.9 Å². The maximum atomic E-state index is 13.2. The van der Waals surface area contributed by atoms with Crippen LogP contribution < -0.4 is 0 Å². The van der Waals surface area contributed by atoms with Gasteiger partial charge in [-0.1, -0.05) is 42.5 Å². The maximum absolute atomic E-state index is 13.2. The minimum atomic E-state index is -1.12. The molecule has 0 bridgehead atoms. The van der Waals surface area contributed by atoms with E-state index in [-0.39, 0.29) is 5.91 Å². The molecule has 1 fully saturated rings. The van der Waals surface area contributed by atoms with Crippen LogP contribution in [0.2, 0.25) is 0 Å². The van der Waals surface area contributed by atoms with Crippen molar-refractivity contribution in [3.05, 3.63) is 70.8 Å². The summed E-state index contributed by atoms with van der Waals surface area (Å²) in [6, 6.07) is 15.8.